The largest absolute Gasteiger partial charge is 0.491 e. The van der Waals surface area contributed by atoms with E-state index in [9.17, 15) is 4.39 Å². The Bertz CT molecular complexity index is 778. The molecule has 0 unspecified atom stereocenters. The van der Waals surface area contributed by atoms with Crippen LogP contribution in [0.15, 0.2) is 47.0 Å². The molecule has 0 radical (unpaired) electrons. The van der Waals surface area contributed by atoms with Crippen LogP contribution in [0.25, 0.3) is 22.2 Å². The first-order chi connectivity index (χ1) is 10.3. The molecule has 0 N–H and O–H groups in total. The minimum Gasteiger partial charge on any atom is -0.491 e. The van der Waals surface area contributed by atoms with Crippen LogP contribution in [0.3, 0.4) is 0 Å². The number of ether oxygens (including phenoxy) is 2. The normalized spacial score (nSPS) is 17.1. The van der Waals surface area contributed by atoms with E-state index in [1.807, 2.05) is 24.3 Å². The second kappa shape index (κ2) is 4.86. The molecule has 1 aliphatic heterocycles. The molecule has 0 aliphatic carbocycles. The fourth-order valence-electron chi connectivity index (χ4n) is 2.18. The average molecular weight is 285 g/mol. The third kappa shape index (κ3) is 2.48. The Balaban J connectivity index is 1.61. The Labute approximate surface area is 120 Å². The molecule has 4 nitrogen and oxygen atoms in total. The summed E-state index contributed by atoms with van der Waals surface area (Å²) in [5.41, 5.74) is 1.38. The van der Waals surface area contributed by atoms with E-state index in [4.69, 9.17) is 14.0 Å². The lowest BCUT2D eigenvalue weighted by atomic mass is 10.1. The first-order valence-corrected chi connectivity index (χ1v) is 6.69. The minimum atomic E-state index is -0.326. The van der Waals surface area contributed by atoms with Gasteiger partial charge in [-0.3, -0.25) is 0 Å². The van der Waals surface area contributed by atoms with Gasteiger partial charge in [-0.25, -0.2) is 4.39 Å². The molecular formula is C16H12FNO3. The van der Waals surface area contributed by atoms with Crippen molar-refractivity contribution in [2.24, 2.45) is 0 Å². The Hall–Kier alpha value is -2.40. The topological polar surface area (TPSA) is 47.8 Å². The van der Waals surface area contributed by atoms with Gasteiger partial charge in [-0.05, 0) is 36.4 Å². The van der Waals surface area contributed by atoms with Crippen molar-refractivity contribution in [1.82, 2.24) is 5.16 Å². The van der Waals surface area contributed by atoms with E-state index in [1.165, 1.54) is 12.1 Å². The van der Waals surface area contributed by atoms with Gasteiger partial charge in [0.1, 0.15) is 29.8 Å². The van der Waals surface area contributed by atoms with Crippen molar-refractivity contribution in [2.45, 2.75) is 6.10 Å². The predicted octanol–water partition coefficient (Wildman–Crippen LogP) is 3.41. The Morgan fingerprint density at radius 1 is 1.19 bits per heavy atom. The fraction of sp³-hybridized carbons (Fsp3) is 0.188. The monoisotopic (exact) mass is 285 g/mol. The quantitative estimate of drug-likeness (QED) is 0.689. The van der Waals surface area contributed by atoms with E-state index >= 15 is 0 Å². The van der Waals surface area contributed by atoms with Crippen LogP contribution in [0.4, 0.5) is 4.39 Å². The van der Waals surface area contributed by atoms with Gasteiger partial charge in [-0.1, -0.05) is 5.16 Å². The highest BCUT2D eigenvalue weighted by molar-refractivity contribution is 5.91. The van der Waals surface area contributed by atoms with Crippen molar-refractivity contribution in [3.63, 3.8) is 0 Å². The number of hydrogen-bond acceptors (Lipinski definition) is 4. The molecule has 2 heterocycles. The molecule has 1 aromatic heterocycles. The first kappa shape index (κ1) is 12.3. The summed E-state index contributed by atoms with van der Waals surface area (Å²) >= 11 is 0. The van der Waals surface area contributed by atoms with E-state index < -0.39 is 0 Å². The summed E-state index contributed by atoms with van der Waals surface area (Å²) in [6, 6.07) is 12.0. The number of halogens is 1. The zero-order chi connectivity index (χ0) is 14.2. The van der Waals surface area contributed by atoms with E-state index in [2.05, 4.69) is 5.16 Å². The van der Waals surface area contributed by atoms with Crippen molar-refractivity contribution in [3.05, 3.63) is 48.3 Å². The summed E-state index contributed by atoms with van der Waals surface area (Å²) in [5, 5.41) is 4.67. The summed E-state index contributed by atoms with van der Waals surface area (Å²) in [5.74, 6) is 1.08. The van der Waals surface area contributed by atoms with Gasteiger partial charge in [0.05, 0.1) is 6.61 Å². The molecule has 1 fully saturated rings. The molecule has 0 bridgehead atoms. The fourth-order valence-corrected chi connectivity index (χ4v) is 2.18. The third-order valence-electron chi connectivity index (χ3n) is 3.39. The zero-order valence-corrected chi connectivity index (χ0v) is 11.1. The molecule has 21 heavy (non-hydrogen) atoms. The SMILES string of the molecule is Fc1ccc2c(-c3ccc(OC[C@@H]4CO4)cc3)onc2c1. The second-order valence-corrected chi connectivity index (χ2v) is 4.96. The van der Waals surface area contributed by atoms with Crippen LogP contribution in [0, 0.1) is 5.82 Å². The van der Waals surface area contributed by atoms with Gasteiger partial charge in [0, 0.05) is 17.0 Å². The summed E-state index contributed by atoms with van der Waals surface area (Å²) in [7, 11) is 0. The summed E-state index contributed by atoms with van der Waals surface area (Å²) in [6.45, 7) is 1.35. The van der Waals surface area contributed by atoms with Gasteiger partial charge in [-0.15, -0.1) is 0 Å². The number of hydrogen-bond donors (Lipinski definition) is 0. The lowest BCUT2D eigenvalue weighted by Crippen LogP contribution is -2.03. The lowest BCUT2D eigenvalue weighted by Gasteiger charge is -2.04. The van der Waals surface area contributed by atoms with E-state index in [-0.39, 0.29) is 11.9 Å². The highest BCUT2D eigenvalue weighted by Crippen LogP contribution is 2.30. The van der Waals surface area contributed by atoms with Gasteiger partial charge in [0.25, 0.3) is 0 Å². The maximum Gasteiger partial charge on any atom is 0.174 e. The predicted molar refractivity (Wildman–Crippen MR) is 74.6 cm³/mol. The molecule has 5 heteroatoms. The average Bonchev–Trinajstić information content (AvgIpc) is 3.24. The summed E-state index contributed by atoms with van der Waals surface area (Å²) in [4.78, 5) is 0. The summed E-state index contributed by atoms with van der Waals surface area (Å²) in [6.07, 6.45) is 0.234. The minimum absolute atomic E-state index is 0.234. The number of rotatable bonds is 4. The molecule has 4 rings (SSSR count). The van der Waals surface area contributed by atoms with Crippen LogP contribution in [0.2, 0.25) is 0 Å². The molecular weight excluding hydrogens is 273 g/mol. The maximum absolute atomic E-state index is 13.1. The molecule has 1 aliphatic rings. The molecule has 106 valence electrons. The molecule has 0 spiro atoms. The Morgan fingerprint density at radius 3 is 2.76 bits per heavy atom. The smallest absolute Gasteiger partial charge is 0.174 e. The van der Waals surface area contributed by atoms with Crippen molar-refractivity contribution >= 4 is 10.9 Å². The number of fused-ring (bicyclic) bond motifs is 1. The van der Waals surface area contributed by atoms with Gasteiger partial charge in [0.15, 0.2) is 5.76 Å². The van der Waals surface area contributed by atoms with Gasteiger partial charge in [0.2, 0.25) is 0 Å². The van der Waals surface area contributed by atoms with E-state index in [0.717, 1.165) is 23.3 Å². The number of nitrogens with zero attached hydrogens (tertiary/aromatic N) is 1. The van der Waals surface area contributed by atoms with Crippen LogP contribution >= 0.6 is 0 Å². The first-order valence-electron chi connectivity index (χ1n) is 6.69. The van der Waals surface area contributed by atoms with Gasteiger partial charge in [-0.2, -0.15) is 0 Å². The van der Waals surface area contributed by atoms with Crippen molar-refractivity contribution in [2.75, 3.05) is 13.2 Å². The molecule has 1 atom stereocenters. The molecule has 3 aromatic rings. The van der Waals surface area contributed by atoms with Crippen LogP contribution in [0.5, 0.6) is 5.75 Å². The van der Waals surface area contributed by atoms with Crippen LogP contribution in [-0.4, -0.2) is 24.5 Å². The van der Waals surface area contributed by atoms with Crippen LogP contribution < -0.4 is 4.74 Å². The standard InChI is InChI=1S/C16H12FNO3/c17-11-3-6-14-15(7-11)18-21-16(14)10-1-4-12(5-2-10)19-8-13-9-20-13/h1-7,13H,8-9H2/t13-/m1/s1. The lowest BCUT2D eigenvalue weighted by molar-refractivity contribution is 0.263. The van der Waals surface area contributed by atoms with E-state index in [1.54, 1.807) is 6.07 Å². The summed E-state index contributed by atoms with van der Waals surface area (Å²) < 4.78 is 29.2. The third-order valence-corrected chi connectivity index (χ3v) is 3.39. The Morgan fingerprint density at radius 2 is 2.00 bits per heavy atom. The number of benzene rings is 2. The van der Waals surface area contributed by atoms with Gasteiger partial charge < -0.3 is 14.0 Å². The molecule has 1 saturated heterocycles. The highest BCUT2D eigenvalue weighted by Gasteiger charge is 2.23. The van der Waals surface area contributed by atoms with Crippen molar-refractivity contribution in [3.8, 4) is 17.1 Å². The van der Waals surface area contributed by atoms with Crippen LogP contribution in [-0.2, 0) is 4.74 Å². The second-order valence-electron chi connectivity index (χ2n) is 4.96. The Kier molecular flexibility index (Phi) is 2.86. The van der Waals surface area contributed by atoms with Gasteiger partial charge >= 0.3 is 0 Å². The van der Waals surface area contributed by atoms with Crippen molar-refractivity contribution < 1.29 is 18.4 Å². The number of epoxide rings is 1. The maximum atomic E-state index is 13.1. The van der Waals surface area contributed by atoms with Crippen LogP contribution in [0.1, 0.15) is 0 Å². The molecule has 0 amide bonds. The van der Waals surface area contributed by atoms with Crippen molar-refractivity contribution in [1.29, 1.82) is 0 Å². The molecule has 0 saturated carbocycles. The van der Waals surface area contributed by atoms with E-state index in [0.29, 0.717) is 17.9 Å². The number of aromatic nitrogens is 1. The zero-order valence-electron chi connectivity index (χ0n) is 11.1. The highest BCUT2D eigenvalue weighted by atomic mass is 19.1. The molecule has 2 aromatic carbocycles.